The van der Waals surface area contributed by atoms with Gasteiger partial charge in [0.2, 0.25) is 0 Å². The van der Waals surface area contributed by atoms with Crippen LogP contribution in [0.25, 0.3) is 0 Å². The molecule has 0 bridgehead atoms. The molecule has 15 heavy (non-hydrogen) atoms. The highest BCUT2D eigenvalue weighted by Crippen LogP contribution is 2.38. The van der Waals surface area contributed by atoms with E-state index in [-0.39, 0.29) is 5.41 Å². The third-order valence-electron chi connectivity index (χ3n) is 3.78. The summed E-state index contributed by atoms with van der Waals surface area (Å²) in [7, 11) is 0. The van der Waals surface area contributed by atoms with Crippen molar-refractivity contribution in [3.63, 3.8) is 0 Å². The second-order valence-electron chi connectivity index (χ2n) is 5.43. The molecule has 0 heterocycles. The van der Waals surface area contributed by atoms with Gasteiger partial charge in [0.25, 0.3) is 0 Å². The molecule has 90 valence electrons. The first-order valence-corrected chi connectivity index (χ1v) is 6.48. The number of hydrogen-bond acceptors (Lipinski definition) is 2. The molecule has 2 heteroatoms. The van der Waals surface area contributed by atoms with Crippen LogP contribution in [0.3, 0.4) is 0 Å². The fourth-order valence-corrected chi connectivity index (χ4v) is 2.73. The highest BCUT2D eigenvalue weighted by atomic mass is 16.3. The minimum Gasteiger partial charge on any atom is -0.396 e. The molecule has 0 atom stereocenters. The normalized spacial score (nSPS) is 20.4. The summed E-state index contributed by atoms with van der Waals surface area (Å²) in [6, 6.07) is 0.606. The summed E-state index contributed by atoms with van der Waals surface area (Å²) in [5.74, 6) is 0. The Kier molecular flexibility index (Phi) is 5.07. The molecule has 1 aliphatic carbocycles. The topological polar surface area (TPSA) is 23.5 Å². The van der Waals surface area contributed by atoms with E-state index in [2.05, 4.69) is 25.7 Å². The van der Waals surface area contributed by atoms with Gasteiger partial charge >= 0.3 is 0 Å². The van der Waals surface area contributed by atoms with Crippen LogP contribution in [0, 0.1) is 5.41 Å². The van der Waals surface area contributed by atoms with Gasteiger partial charge in [-0.1, -0.05) is 19.8 Å². The fraction of sp³-hybridized carbons (Fsp3) is 1.00. The highest BCUT2D eigenvalue weighted by molar-refractivity contribution is 4.87. The third kappa shape index (κ3) is 3.46. The van der Waals surface area contributed by atoms with E-state index in [1.807, 2.05) is 0 Å². The minimum atomic E-state index is 0.222. The molecule has 2 nitrogen and oxygen atoms in total. The van der Waals surface area contributed by atoms with Crippen molar-refractivity contribution < 1.29 is 5.11 Å². The Hall–Kier alpha value is -0.0800. The molecule has 0 aromatic rings. The van der Waals surface area contributed by atoms with Crippen LogP contribution in [0.15, 0.2) is 0 Å². The molecule has 0 aromatic heterocycles. The summed E-state index contributed by atoms with van der Waals surface area (Å²) in [6.07, 6.45) is 6.25. The van der Waals surface area contributed by atoms with E-state index >= 15 is 0 Å². The van der Waals surface area contributed by atoms with Crippen molar-refractivity contribution in [3.8, 4) is 0 Å². The predicted molar refractivity (Wildman–Crippen MR) is 65.0 cm³/mol. The smallest absolute Gasteiger partial charge is 0.0499 e. The molecule has 0 radical (unpaired) electrons. The van der Waals surface area contributed by atoms with Gasteiger partial charge in [-0.05, 0) is 39.7 Å². The molecule has 0 spiro atoms. The van der Waals surface area contributed by atoms with Crippen molar-refractivity contribution >= 4 is 0 Å². The van der Waals surface area contributed by atoms with Gasteiger partial charge in [0, 0.05) is 24.6 Å². The van der Waals surface area contributed by atoms with Crippen molar-refractivity contribution in [2.45, 2.75) is 58.9 Å². The van der Waals surface area contributed by atoms with E-state index in [1.54, 1.807) is 0 Å². The lowest BCUT2D eigenvalue weighted by Gasteiger charge is -2.36. The van der Waals surface area contributed by atoms with Gasteiger partial charge < -0.3 is 10.0 Å². The molecule has 0 aliphatic heterocycles. The van der Waals surface area contributed by atoms with E-state index in [4.69, 9.17) is 0 Å². The maximum absolute atomic E-state index is 9.59. The largest absolute Gasteiger partial charge is 0.396 e. The second-order valence-corrected chi connectivity index (χ2v) is 5.43. The van der Waals surface area contributed by atoms with Crippen LogP contribution in [-0.4, -0.2) is 35.7 Å². The van der Waals surface area contributed by atoms with Crippen LogP contribution in [-0.2, 0) is 0 Å². The average Bonchev–Trinajstić information content (AvgIpc) is 2.66. The third-order valence-corrected chi connectivity index (χ3v) is 3.78. The van der Waals surface area contributed by atoms with Crippen LogP contribution < -0.4 is 0 Å². The summed E-state index contributed by atoms with van der Waals surface area (Å²) in [4.78, 5) is 2.53. The second kappa shape index (κ2) is 5.86. The Bertz CT molecular complexity index is 173. The number of aliphatic hydroxyl groups excluding tert-OH is 1. The van der Waals surface area contributed by atoms with Crippen molar-refractivity contribution in [3.05, 3.63) is 0 Å². The van der Waals surface area contributed by atoms with E-state index in [9.17, 15) is 5.11 Å². The lowest BCUT2D eigenvalue weighted by molar-refractivity contribution is 0.0645. The molecule has 1 aliphatic rings. The summed E-state index contributed by atoms with van der Waals surface area (Å²) in [5, 5.41) is 9.59. The van der Waals surface area contributed by atoms with Crippen LogP contribution >= 0.6 is 0 Å². The molecule has 1 N–H and O–H groups in total. The number of nitrogens with zero attached hydrogens (tertiary/aromatic N) is 1. The molecule has 0 aromatic carbocycles. The Morgan fingerprint density at radius 2 is 1.87 bits per heavy atom. The fourth-order valence-electron chi connectivity index (χ4n) is 2.73. The van der Waals surface area contributed by atoms with Gasteiger partial charge in [-0.3, -0.25) is 0 Å². The first-order valence-electron chi connectivity index (χ1n) is 6.48. The summed E-state index contributed by atoms with van der Waals surface area (Å²) >= 11 is 0. The predicted octanol–water partition coefficient (Wildman–Crippen LogP) is 2.66. The number of hydrogen-bond donors (Lipinski definition) is 1. The van der Waals surface area contributed by atoms with Crippen LogP contribution in [0.2, 0.25) is 0 Å². The lowest BCUT2D eigenvalue weighted by atomic mass is 9.86. The molecule has 0 unspecified atom stereocenters. The Labute approximate surface area is 94.7 Å². The van der Waals surface area contributed by atoms with Crippen molar-refractivity contribution in [1.29, 1.82) is 0 Å². The van der Waals surface area contributed by atoms with E-state index < -0.39 is 0 Å². The number of aliphatic hydroxyl groups is 1. The molecule has 0 amide bonds. The Morgan fingerprint density at radius 3 is 2.27 bits per heavy atom. The lowest BCUT2D eigenvalue weighted by Crippen LogP contribution is -2.42. The quantitative estimate of drug-likeness (QED) is 0.733. The molecule has 1 saturated carbocycles. The zero-order valence-corrected chi connectivity index (χ0v) is 10.6. The standard InChI is InChI=1S/C13H27NO/c1-4-9-14(12(2)3)10-13(11-15)7-5-6-8-13/h12,15H,4-11H2,1-3H3. The molecule has 1 fully saturated rings. The van der Waals surface area contributed by atoms with Gasteiger partial charge in [0.05, 0.1) is 0 Å². The van der Waals surface area contributed by atoms with Crippen molar-refractivity contribution in [2.75, 3.05) is 19.7 Å². The van der Waals surface area contributed by atoms with E-state index in [0.29, 0.717) is 12.6 Å². The monoisotopic (exact) mass is 213 g/mol. The molecular weight excluding hydrogens is 186 g/mol. The average molecular weight is 213 g/mol. The van der Waals surface area contributed by atoms with Crippen LogP contribution in [0.5, 0.6) is 0 Å². The first-order chi connectivity index (χ1) is 7.13. The Morgan fingerprint density at radius 1 is 1.27 bits per heavy atom. The van der Waals surface area contributed by atoms with Crippen LogP contribution in [0.1, 0.15) is 52.9 Å². The summed E-state index contributed by atoms with van der Waals surface area (Å²) in [5.41, 5.74) is 0.222. The Balaban J connectivity index is 2.54. The van der Waals surface area contributed by atoms with Gasteiger partial charge in [0.15, 0.2) is 0 Å². The van der Waals surface area contributed by atoms with Gasteiger partial charge in [-0.15, -0.1) is 0 Å². The summed E-state index contributed by atoms with van der Waals surface area (Å²) < 4.78 is 0. The number of rotatable bonds is 6. The van der Waals surface area contributed by atoms with Gasteiger partial charge in [0.1, 0.15) is 0 Å². The maximum Gasteiger partial charge on any atom is 0.0499 e. The van der Waals surface area contributed by atoms with Crippen molar-refractivity contribution in [2.24, 2.45) is 5.41 Å². The van der Waals surface area contributed by atoms with Crippen LogP contribution in [0.4, 0.5) is 0 Å². The minimum absolute atomic E-state index is 0.222. The first kappa shape index (κ1) is 13.0. The summed E-state index contributed by atoms with van der Waals surface area (Å²) in [6.45, 7) is 9.38. The zero-order chi connectivity index (χ0) is 11.3. The van der Waals surface area contributed by atoms with E-state index in [1.165, 1.54) is 38.6 Å². The molecule has 0 saturated heterocycles. The maximum atomic E-state index is 9.59. The highest BCUT2D eigenvalue weighted by Gasteiger charge is 2.35. The van der Waals surface area contributed by atoms with E-state index in [0.717, 1.165) is 6.54 Å². The van der Waals surface area contributed by atoms with Gasteiger partial charge in [-0.2, -0.15) is 0 Å². The van der Waals surface area contributed by atoms with Gasteiger partial charge in [-0.25, -0.2) is 0 Å². The SMILES string of the molecule is CCCN(CC1(CO)CCCC1)C(C)C. The molecular formula is C13H27NO. The van der Waals surface area contributed by atoms with Crippen molar-refractivity contribution in [1.82, 2.24) is 4.90 Å². The molecule has 1 rings (SSSR count). The zero-order valence-electron chi connectivity index (χ0n) is 10.6.